The second kappa shape index (κ2) is 8.64. The van der Waals surface area contributed by atoms with Gasteiger partial charge in [0.2, 0.25) is 10.0 Å². The topological polar surface area (TPSA) is 96.6 Å². The average molecular weight is 377 g/mol. The van der Waals surface area contributed by atoms with Gasteiger partial charge in [0.1, 0.15) is 10.7 Å². The van der Waals surface area contributed by atoms with E-state index in [0.717, 1.165) is 25.0 Å². The van der Waals surface area contributed by atoms with Crippen LogP contribution in [-0.2, 0) is 10.0 Å². The van der Waals surface area contributed by atoms with Crippen molar-refractivity contribution in [3.05, 3.63) is 29.0 Å². The summed E-state index contributed by atoms with van der Waals surface area (Å²) in [5.41, 5.74) is 5.79. The van der Waals surface area contributed by atoms with E-state index in [1.54, 1.807) is 0 Å². The number of hydrogen-bond donors (Lipinski definition) is 3. The lowest BCUT2D eigenvalue weighted by Gasteiger charge is -2.23. The van der Waals surface area contributed by atoms with Crippen molar-refractivity contribution in [3.63, 3.8) is 0 Å². The van der Waals surface area contributed by atoms with Crippen LogP contribution in [0.1, 0.15) is 32.1 Å². The summed E-state index contributed by atoms with van der Waals surface area (Å²) in [7, 11) is -3.95. The molecule has 1 aromatic carbocycles. The Kier molecular flexibility index (Phi) is 6.82. The first-order valence-electron chi connectivity index (χ1n) is 7.89. The highest BCUT2D eigenvalue weighted by Gasteiger charge is 2.18. The first-order chi connectivity index (χ1) is 11.4. The lowest BCUT2D eigenvalue weighted by Crippen LogP contribution is -2.41. The van der Waals surface area contributed by atoms with E-state index in [4.69, 9.17) is 17.3 Å². The van der Waals surface area contributed by atoms with Crippen LogP contribution in [0.25, 0.3) is 0 Å². The molecule has 134 valence electrons. The second-order valence-electron chi connectivity index (χ2n) is 5.72. The van der Waals surface area contributed by atoms with Gasteiger partial charge in [0.05, 0.1) is 6.54 Å². The first-order valence-corrected chi connectivity index (χ1v) is 9.76. The lowest BCUT2D eigenvalue weighted by atomic mass is 9.96. The van der Waals surface area contributed by atoms with Crippen molar-refractivity contribution < 1.29 is 12.8 Å². The number of sulfonamides is 1. The third-order valence-corrected chi connectivity index (χ3v) is 5.56. The van der Waals surface area contributed by atoms with Gasteiger partial charge >= 0.3 is 0 Å². The molecule has 1 aliphatic carbocycles. The SMILES string of the molecule is NC(=NCCNS(=O)(=O)c1ccc(Cl)cc1F)NC1CCCCC1. The van der Waals surface area contributed by atoms with E-state index in [0.29, 0.717) is 12.0 Å². The van der Waals surface area contributed by atoms with Crippen molar-refractivity contribution >= 4 is 27.6 Å². The number of benzene rings is 1. The van der Waals surface area contributed by atoms with Crippen molar-refractivity contribution in [1.82, 2.24) is 10.0 Å². The van der Waals surface area contributed by atoms with E-state index < -0.39 is 20.7 Å². The third-order valence-electron chi connectivity index (χ3n) is 3.83. The fourth-order valence-electron chi connectivity index (χ4n) is 2.63. The Morgan fingerprint density at radius 2 is 2.04 bits per heavy atom. The van der Waals surface area contributed by atoms with Gasteiger partial charge in [-0.15, -0.1) is 0 Å². The summed E-state index contributed by atoms with van der Waals surface area (Å²) in [5, 5.41) is 3.28. The molecule has 1 aromatic rings. The van der Waals surface area contributed by atoms with Crippen LogP contribution in [0.4, 0.5) is 4.39 Å². The Balaban J connectivity index is 1.82. The van der Waals surface area contributed by atoms with Gasteiger partial charge in [-0.2, -0.15) is 0 Å². The minimum Gasteiger partial charge on any atom is -0.370 e. The molecular weight excluding hydrogens is 355 g/mol. The Labute approximate surface area is 146 Å². The summed E-state index contributed by atoms with van der Waals surface area (Å²) in [6.07, 6.45) is 5.74. The predicted octanol–water partition coefficient (Wildman–Crippen LogP) is 1.99. The van der Waals surface area contributed by atoms with Gasteiger partial charge < -0.3 is 11.1 Å². The van der Waals surface area contributed by atoms with Crippen LogP contribution in [0, 0.1) is 5.82 Å². The second-order valence-corrected chi connectivity index (χ2v) is 7.89. The van der Waals surface area contributed by atoms with Crippen LogP contribution in [0.3, 0.4) is 0 Å². The summed E-state index contributed by atoms with van der Waals surface area (Å²) < 4.78 is 40.0. The molecule has 0 aliphatic heterocycles. The molecule has 0 saturated heterocycles. The minimum atomic E-state index is -3.95. The largest absolute Gasteiger partial charge is 0.370 e. The van der Waals surface area contributed by atoms with Crippen LogP contribution in [0.2, 0.25) is 5.02 Å². The van der Waals surface area contributed by atoms with Gasteiger partial charge in [-0.05, 0) is 31.0 Å². The molecule has 1 saturated carbocycles. The molecule has 0 heterocycles. The maximum atomic E-state index is 13.7. The van der Waals surface area contributed by atoms with E-state index in [-0.39, 0.29) is 18.1 Å². The highest BCUT2D eigenvalue weighted by molar-refractivity contribution is 7.89. The molecule has 24 heavy (non-hydrogen) atoms. The van der Waals surface area contributed by atoms with E-state index in [2.05, 4.69) is 15.0 Å². The molecule has 1 fully saturated rings. The van der Waals surface area contributed by atoms with Gasteiger partial charge in [0.15, 0.2) is 5.96 Å². The molecule has 0 bridgehead atoms. The number of nitrogens with one attached hydrogen (secondary N) is 2. The summed E-state index contributed by atoms with van der Waals surface area (Å²) in [6, 6.07) is 3.74. The maximum absolute atomic E-state index is 13.7. The van der Waals surface area contributed by atoms with Crippen LogP contribution >= 0.6 is 11.6 Å². The van der Waals surface area contributed by atoms with Gasteiger partial charge in [-0.25, -0.2) is 17.5 Å². The summed E-state index contributed by atoms with van der Waals surface area (Å²) in [6.45, 7) is 0.192. The fraction of sp³-hybridized carbons (Fsp3) is 0.533. The Bertz CT molecular complexity index is 691. The number of hydrogen-bond acceptors (Lipinski definition) is 3. The summed E-state index contributed by atoms with van der Waals surface area (Å²) in [5.74, 6) is -0.587. The minimum absolute atomic E-state index is 0.0252. The molecule has 6 nitrogen and oxygen atoms in total. The lowest BCUT2D eigenvalue weighted by molar-refractivity contribution is 0.412. The molecule has 0 radical (unpaired) electrons. The van der Waals surface area contributed by atoms with E-state index in [9.17, 15) is 12.8 Å². The monoisotopic (exact) mass is 376 g/mol. The zero-order chi connectivity index (χ0) is 17.6. The molecular formula is C15H22ClFN4O2S. The maximum Gasteiger partial charge on any atom is 0.243 e. The Morgan fingerprint density at radius 1 is 1.33 bits per heavy atom. The Morgan fingerprint density at radius 3 is 2.71 bits per heavy atom. The quantitative estimate of drug-likeness (QED) is 0.402. The molecule has 1 aliphatic rings. The van der Waals surface area contributed by atoms with Crippen molar-refractivity contribution in [1.29, 1.82) is 0 Å². The number of aliphatic imine (C=N–C) groups is 1. The van der Waals surface area contributed by atoms with E-state index in [1.807, 2.05) is 0 Å². The van der Waals surface area contributed by atoms with Crippen molar-refractivity contribution in [2.24, 2.45) is 10.7 Å². The number of rotatable bonds is 6. The molecule has 0 unspecified atom stereocenters. The predicted molar refractivity (Wildman–Crippen MR) is 93.1 cm³/mol. The van der Waals surface area contributed by atoms with Gasteiger partial charge in [-0.1, -0.05) is 30.9 Å². The van der Waals surface area contributed by atoms with Crippen LogP contribution < -0.4 is 15.8 Å². The van der Waals surface area contributed by atoms with E-state index in [1.165, 1.54) is 25.3 Å². The number of halogens is 2. The highest BCUT2D eigenvalue weighted by Crippen LogP contribution is 2.19. The summed E-state index contributed by atoms with van der Waals surface area (Å²) >= 11 is 5.61. The standard InChI is InChI=1S/C15H22ClFN4O2S/c16-11-6-7-14(13(17)10-11)24(22,23)20-9-8-19-15(18)21-12-4-2-1-3-5-12/h6-7,10,12,20H,1-5,8-9H2,(H3,18,19,21). The zero-order valence-corrected chi connectivity index (χ0v) is 14.8. The molecule has 0 spiro atoms. The summed E-state index contributed by atoms with van der Waals surface area (Å²) in [4.78, 5) is 3.65. The first kappa shape index (κ1) is 19.0. The van der Waals surface area contributed by atoms with Gasteiger partial charge in [0, 0.05) is 17.6 Å². The third kappa shape index (κ3) is 5.61. The van der Waals surface area contributed by atoms with Crippen LogP contribution in [0.15, 0.2) is 28.1 Å². The Hall–Kier alpha value is -1.38. The normalized spacial score (nSPS) is 17.0. The van der Waals surface area contributed by atoms with Crippen molar-refractivity contribution in [2.45, 2.75) is 43.0 Å². The van der Waals surface area contributed by atoms with Gasteiger partial charge in [0.25, 0.3) is 0 Å². The fourth-order valence-corrected chi connectivity index (χ4v) is 3.87. The van der Waals surface area contributed by atoms with Crippen LogP contribution in [-0.4, -0.2) is 33.5 Å². The van der Waals surface area contributed by atoms with Gasteiger partial charge in [-0.3, -0.25) is 4.99 Å². The molecule has 4 N–H and O–H groups in total. The highest BCUT2D eigenvalue weighted by atomic mass is 35.5. The number of nitrogens with two attached hydrogens (primary N) is 1. The number of nitrogens with zero attached hydrogens (tertiary/aromatic N) is 1. The molecule has 0 atom stereocenters. The van der Waals surface area contributed by atoms with Crippen molar-refractivity contribution in [2.75, 3.05) is 13.1 Å². The molecule has 2 rings (SSSR count). The van der Waals surface area contributed by atoms with Crippen molar-refractivity contribution in [3.8, 4) is 0 Å². The molecule has 0 amide bonds. The van der Waals surface area contributed by atoms with Crippen LogP contribution in [0.5, 0.6) is 0 Å². The average Bonchev–Trinajstić information content (AvgIpc) is 2.52. The van der Waals surface area contributed by atoms with E-state index >= 15 is 0 Å². The smallest absolute Gasteiger partial charge is 0.243 e. The molecule has 9 heteroatoms. The number of guanidine groups is 1. The molecule has 0 aromatic heterocycles. The zero-order valence-electron chi connectivity index (χ0n) is 13.3.